The number of hydrogen-bond donors (Lipinski definition) is 0. The summed E-state index contributed by atoms with van der Waals surface area (Å²) >= 11 is 0. The van der Waals surface area contributed by atoms with E-state index in [9.17, 15) is 4.79 Å². The third kappa shape index (κ3) is 4.58. The number of carbonyl (C=O) groups excluding carboxylic acids is 1. The first-order chi connectivity index (χ1) is 17.8. The topological polar surface area (TPSA) is 54.0 Å². The minimum atomic E-state index is -1.20. The van der Waals surface area contributed by atoms with Crippen LogP contribution in [0, 0.1) is 0 Å². The number of carbonyl (C=O) groups is 1. The lowest BCUT2D eigenvalue weighted by Crippen LogP contribution is -2.46. The smallest absolute Gasteiger partial charge is 0.332 e. The van der Waals surface area contributed by atoms with Gasteiger partial charge in [-0.25, -0.2) is 4.79 Å². The molecule has 186 valence electrons. The average molecular weight is 493 g/mol. The van der Waals surface area contributed by atoms with E-state index in [4.69, 9.17) is 18.9 Å². The van der Waals surface area contributed by atoms with Crippen LogP contribution in [0.4, 0.5) is 0 Å². The summed E-state index contributed by atoms with van der Waals surface area (Å²) < 4.78 is 24.5. The zero-order chi connectivity index (χ0) is 25.6. The fraction of sp³-hybridized carbons (Fsp3) is 0.219. The second-order valence-corrected chi connectivity index (χ2v) is 10.4. The summed E-state index contributed by atoms with van der Waals surface area (Å²) in [6, 6.07) is 24.6. The molecule has 1 unspecified atom stereocenters. The van der Waals surface area contributed by atoms with Crippen molar-refractivity contribution < 1.29 is 23.7 Å². The third-order valence-corrected chi connectivity index (χ3v) is 6.44. The van der Waals surface area contributed by atoms with Gasteiger partial charge in [0, 0.05) is 22.8 Å². The van der Waals surface area contributed by atoms with E-state index in [1.165, 1.54) is 0 Å². The molecule has 0 bridgehead atoms. The number of esters is 1. The Kier molecular flexibility index (Phi) is 5.54. The fourth-order valence-corrected chi connectivity index (χ4v) is 4.79. The lowest BCUT2D eigenvalue weighted by Gasteiger charge is -2.39. The Morgan fingerprint density at radius 1 is 0.811 bits per heavy atom. The predicted molar refractivity (Wildman–Crippen MR) is 146 cm³/mol. The van der Waals surface area contributed by atoms with Crippen LogP contribution in [0.3, 0.4) is 0 Å². The number of hydrogen-bond acceptors (Lipinski definition) is 5. The van der Waals surface area contributed by atoms with Gasteiger partial charge in [0.1, 0.15) is 23.7 Å². The van der Waals surface area contributed by atoms with Gasteiger partial charge in [-0.2, -0.15) is 0 Å². The van der Waals surface area contributed by atoms with Crippen molar-refractivity contribution in [1.29, 1.82) is 0 Å². The van der Waals surface area contributed by atoms with E-state index in [1.807, 2.05) is 75.4 Å². The molecule has 0 saturated heterocycles. The zero-order valence-electron chi connectivity index (χ0n) is 21.1. The van der Waals surface area contributed by atoms with Crippen LogP contribution in [0.1, 0.15) is 31.9 Å². The van der Waals surface area contributed by atoms with E-state index in [2.05, 4.69) is 36.4 Å². The Labute approximate surface area is 215 Å². The molecule has 6 rings (SSSR count). The summed E-state index contributed by atoms with van der Waals surface area (Å²) in [6.07, 6.45) is 5.99. The molecule has 4 aromatic carbocycles. The Hall–Kier alpha value is -4.09. The molecule has 1 spiro atoms. The second kappa shape index (κ2) is 8.79. The van der Waals surface area contributed by atoms with Crippen molar-refractivity contribution in [2.45, 2.75) is 32.2 Å². The van der Waals surface area contributed by atoms with Crippen molar-refractivity contribution in [3.8, 4) is 11.5 Å². The van der Waals surface area contributed by atoms with Crippen LogP contribution in [-0.2, 0) is 14.3 Å². The van der Waals surface area contributed by atoms with Crippen molar-refractivity contribution >= 4 is 39.7 Å². The normalized spacial score (nSPS) is 18.1. The van der Waals surface area contributed by atoms with Crippen molar-refractivity contribution in [3.63, 3.8) is 0 Å². The first-order valence-electron chi connectivity index (χ1n) is 12.4. The lowest BCUT2D eigenvalue weighted by molar-refractivity contribution is -0.160. The van der Waals surface area contributed by atoms with Gasteiger partial charge in [0.2, 0.25) is 0 Å². The van der Waals surface area contributed by atoms with Gasteiger partial charge in [0.15, 0.2) is 0 Å². The van der Waals surface area contributed by atoms with Gasteiger partial charge in [0.05, 0.1) is 6.61 Å². The summed E-state index contributed by atoms with van der Waals surface area (Å²) in [5.41, 5.74) is 2.10. The van der Waals surface area contributed by atoms with E-state index in [1.54, 1.807) is 0 Å². The Morgan fingerprint density at radius 2 is 1.35 bits per heavy atom. The molecule has 0 aliphatic carbocycles. The quantitative estimate of drug-likeness (QED) is 0.289. The molecule has 0 amide bonds. The highest BCUT2D eigenvalue weighted by Crippen LogP contribution is 2.44. The van der Waals surface area contributed by atoms with Gasteiger partial charge < -0.3 is 18.9 Å². The first-order valence-corrected chi connectivity index (χ1v) is 12.4. The highest BCUT2D eigenvalue weighted by molar-refractivity contribution is 5.90. The molecule has 0 fully saturated rings. The van der Waals surface area contributed by atoms with Crippen molar-refractivity contribution in [2.24, 2.45) is 0 Å². The van der Waals surface area contributed by atoms with Crippen LogP contribution in [0.25, 0.3) is 33.7 Å². The predicted octanol–water partition coefficient (Wildman–Crippen LogP) is 6.93. The summed E-state index contributed by atoms with van der Waals surface area (Å²) in [5.74, 6) is -0.159. The van der Waals surface area contributed by atoms with Gasteiger partial charge >= 0.3 is 5.97 Å². The van der Waals surface area contributed by atoms with E-state index >= 15 is 0 Å². The molecule has 5 nitrogen and oxygen atoms in total. The van der Waals surface area contributed by atoms with Crippen molar-refractivity contribution in [1.82, 2.24) is 0 Å². The first kappa shape index (κ1) is 23.3. The van der Waals surface area contributed by atoms with E-state index < -0.39 is 17.4 Å². The molecular formula is C32H28O5. The molecule has 0 saturated carbocycles. The maximum absolute atomic E-state index is 12.3. The van der Waals surface area contributed by atoms with Gasteiger partial charge in [-0.15, -0.1) is 0 Å². The molecule has 0 N–H and O–H groups in total. The molecule has 1 atom stereocenters. The van der Waals surface area contributed by atoms with E-state index in [-0.39, 0.29) is 13.2 Å². The van der Waals surface area contributed by atoms with Crippen LogP contribution in [0.15, 0.2) is 84.4 Å². The SMILES string of the molecule is CC(C)(C)OC(=O)COCC1=Cc2cc3ccccc3cc2OC12C=Cc1cc3ccccc3cc1O2. The van der Waals surface area contributed by atoms with Crippen LogP contribution in [0.2, 0.25) is 0 Å². The highest BCUT2D eigenvalue weighted by atomic mass is 16.7. The van der Waals surface area contributed by atoms with E-state index in [0.29, 0.717) is 0 Å². The van der Waals surface area contributed by atoms with E-state index in [0.717, 1.165) is 49.7 Å². The summed E-state index contributed by atoms with van der Waals surface area (Å²) in [7, 11) is 0. The number of rotatable bonds is 4. The minimum Gasteiger partial charge on any atom is -0.458 e. The van der Waals surface area contributed by atoms with Gasteiger partial charge in [-0.1, -0.05) is 48.5 Å². The molecule has 0 radical (unpaired) electrons. The highest BCUT2D eigenvalue weighted by Gasteiger charge is 2.42. The third-order valence-electron chi connectivity index (χ3n) is 6.44. The van der Waals surface area contributed by atoms with Crippen LogP contribution in [0.5, 0.6) is 11.5 Å². The summed E-state index contributed by atoms with van der Waals surface area (Å²) in [4.78, 5) is 12.3. The van der Waals surface area contributed by atoms with Gasteiger partial charge in [0.25, 0.3) is 5.79 Å². The molecule has 5 heteroatoms. The largest absolute Gasteiger partial charge is 0.458 e. The molecule has 2 heterocycles. The van der Waals surface area contributed by atoms with Crippen LogP contribution in [-0.4, -0.2) is 30.6 Å². The number of benzene rings is 4. The Balaban J connectivity index is 1.37. The monoisotopic (exact) mass is 492 g/mol. The fourth-order valence-electron chi connectivity index (χ4n) is 4.79. The maximum Gasteiger partial charge on any atom is 0.332 e. The maximum atomic E-state index is 12.3. The number of ether oxygens (including phenoxy) is 4. The van der Waals surface area contributed by atoms with Gasteiger partial charge in [-0.3, -0.25) is 0 Å². The van der Waals surface area contributed by atoms with Crippen molar-refractivity contribution in [2.75, 3.05) is 13.2 Å². The Bertz CT molecular complexity index is 1590. The van der Waals surface area contributed by atoms with Crippen molar-refractivity contribution in [3.05, 3.63) is 95.6 Å². The zero-order valence-corrected chi connectivity index (χ0v) is 21.1. The molecule has 2 aliphatic heterocycles. The Morgan fingerprint density at radius 3 is 1.95 bits per heavy atom. The molecule has 2 aliphatic rings. The lowest BCUT2D eigenvalue weighted by atomic mass is 9.93. The number of fused-ring (bicyclic) bond motifs is 4. The minimum absolute atomic E-state index is 0.138. The average Bonchev–Trinajstić information content (AvgIpc) is 2.85. The van der Waals surface area contributed by atoms with Crippen LogP contribution >= 0.6 is 0 Å². The molecule has 37 heavy (non-hydrogen) atoms. The molecule has 4 aromatic rings. The molecule has 0 aromatic heterocycles. The molecular weight excluding hydrogens is 464 g/mol. The summed E-state index contributed by atoms with van der Waals surface area (Å²) in [6.45, 7) is 5.47. The summed E-state index contributed by atoms with van der Waals surface area (Å²) in [5, 5.41) is 4.42. The second-order valence-electron chi connectivity index (χ2n) is 10.4. The van der Waals surface area contributed by atoms with Gasteiger partial charge in [-0.05, 0) is 78.7 Å². The van der Waals surface area contributed by atoms with Crippen LogP contribution < -0.4 is 9.47 Å². The standard InChI is InChI=1S/C32H28O5/c1-31(2,3)37-30(33)20-34-19-27-16-26-15-22-9-5-7-11-24(22)18-29(26)36-32(27)13-12-25-14-21-8-4-6-10-23(21)17-28(25)35-32/h4-18H,19-20H2,1-3H3.